The van der Waals surface area contributed by atoms with E-state index in [0.717, 1.165) is 31.2 Å². The van der Waals surface area contributed by atoms with E-state index in [0.29, 0.717) is 5.02 Å². The third-order valence-electron chi connectivity index (χ3n) is 3.66. The molecule has 0 saturated heterocycles. The van der Waals surface area contributed by atoms with Gasteiger partial charge in [-0.15, -0.1) is 0 Å². The van der Waals surface area contributed by atoms with Crippen LogP contribution in [0, 0.1) is 0 Å². The fraction of sp³-hybridized carbons (Fsp3) is 0.538. The van der Waals surface area contributed by atoms with Crippen LogP contribution in [0.3, 0.4) is 0 Å². The summed E-state index contributed by atoms with van der Waals surface area (Å²) in [5.41, 5.74) is 0.799. The van der Waals surface area contributed by atoms with Gasteiger partial charge in [0.05, 0.1) is 0 Å². The zero-order valence-electron chi connectivity index (χ0n) is 8.97. The van der Waals surface area contributed by atoms with E-state index < -0.39 is 6.17 Å². The van der Waals surface area contributed by atoms with Crippen LogP contribution in [0.15, 0.2) is 24.3 Å². The third kappa shape index (κ3) is 1.90. The molecule has 1 aliphatic carbocycles. The second kappa shape index (κ2) is 4.13. The fourth-order valence-electron chi connectivity index (χ4n) is 2.72. The molecule has 1 saturated carbocycles. The van der Waals surface area contributed by atoms with Crippen LogP contribution in [0.25, 0.3) is 0 Å². The first-order chi connectivity index (χ1) is 7.15. The Morgan fingerprint density at radius 1 is 1.33 bits per heavy atom. The van der Waals surface area contributed by atoms with Crippen molar-refractivity contribution in [2.75, 3.05) is 0 Å². The van der Waals surface area contributed by atoms with Gasteiger partial charge in [0.2, 0.25) is 0 Å². The van der Waals surface area contributed by atoms with Gasteiger partial charge in [-0.3, -0.25) is 0 Å². The van der Waals surface area contributed by atoms with Gasteiger partial charge in [-0.1, -0.05) is 36.6 Å². The predicted molar refractivity (Wildman–Crippen MR) is 62.2 cm³/mol. The van der Waals surface area contributed by atoms with Gasteiger partial charge in [0.1, 0.15) is 6.17 Å². The van der Waals surface area contributed by atoms with Gasteiger partial charge in [-0.2, -0.15) is 0 Å². The van der Waals surface area contributed by atoms with Gasteiger partial charge in [0.15, 0.2) is 0 Å². The van der Waals surface area contributed by atoms with E-state index in [4.69, 9.17) is 11.6 Å². The lowest BCUT2D eigenvalue weighted by Crippen LogP contribution is -2.31. The Morgan fingerprint density at radius 2 is 2.00 bits per heavy atom. The molecule has 1 aromatic carbocycles. The summed E-state index contributed by atoms with van der Waals surface area (Å²) in [4.78, 5) is 0. The third-order valence-corrected chi connectivity index (χ3v) is 3.89. The van der Waals surface area contributed by atoms with E-state index in [-0.39, 0.29) is 5.41 Å². The largest absolute Gasteiger partial charge is 0.247 e. The molecule has 1 unspecified atom stereocenters. The van der Waals surface area contributed by atoms with E-state index in [1.54, 1.807) is 6.92 Å². The van der Waals surface area contributed by atoms with Crippen molar-refractivity contribution in [1.82, 2.24) is 0 Å². The number of hydrogen-bond donors (Lipinski definition) is 0. The summed E-state index contributed by atoms with van der Waals surface area (Å²) < 4.78 is 13.8. The maximum absolute atomic E-state index is 13.8. The van der Waals surface area contributed by atoms with Crippen LogP contribution in [0.4, 0.5) is 4.39 Å². The number of rotatable bonds is 2. The van der Waals surface area contributed by atoms with Crippen molar-refractivity contribution in [2.24, 2.45) is 0 Å². The molecule has 0 spiro atoms. The maximum Gasteiger partial charge on any atom is 0.107 e. The highest BCUT2D eigenvalue weighted by molar-refractivity contribution is 6.30. The van der Waals surface area contributed by atoms with E-state index in [1.165, 1.54) is 0 Å². The summed E-state index contributed by atoms with van der Waals surface area (Å²) in [6, 6.07) is 7.69. The van der Waals surface area contributed by atoms with Crippen molar-refractivity contribution in [3.63, 3.8) is 0 Å². The second-order valence-electron chi connectivity index (χ2n) is 4.49. The first-order valence-corrected chi connectivity index (χ1v) is 5.93. The molecule has 0 heterocycles. The molecule has 82 valence electrons. The van der Waals surface area contributed by atoms with Gasteiger partial charge in [-0.05, 0) is 37.5 Å². The molecule has 2 heteroatoms. The number of benzene rings is 1. The highest BCUT2D eigenvalue weighted by Crippen LogP contribution is 2.45. The standard InChI is InChI=1S/C13H16ClF/c1-10(15)13(7-2-3-8-13)11-5-4-6-12(14)9-11/h4-6,9-10H,2-3,7-8H2,1H3. The van der Waals surface area contributed by atoms with Crippen LogP contribution >= 0.6 is 11.6 Å². The molecule has 0 N–H and O–H groups in total. The Kier molecular flexibility index (Phi) is 3.01. The molecule has 15 heavy (non-hydrogen) atoms. The van der Waals surface area contributed by atoms with Crippen molar-refractivity contribution in [3.05, 3.63) is 34.9 Å². The van der Waals surface area contributed by atoms with Crippen LogP contribution in [-0.2, 0) is 5.41 Å². The Bertz CT molecular complexity index is 340. The first-order valence-electron chi connectivity index (χ1n) is 5.55. The van der Waals surface area contributed by atoms with Crippen molar-refractivity contribution in [2.45, 2.75) is 44.2 Å². The molecular formula is C13H16ClF. The molecule has 1 fully saturated rings. The maximum atomic E-state index is 13.8. The van der Waals surface area contributed by atoms with Gasteiger partial charge in [0.25, 0.3) is 0 Å². The summed E-state index contributed by atoms with van der Waals surface area (Å²) in [7, 11) is 0. The molecule has 0 amide bonds. The molecule has 1 atom stereocenters. The minimum atomic E-state index is -0.793. The molecule has 0 aliphatic heterocycles. The SMILES string of the molecule is CC(F)C1(c2cccc(Cl)c2)CCCC1. The van der Waals surface area contributed by atoms with Crippen molar-refractivity contribution < 1.29 is 4.39 Å². The van der Waals surface area contributed by atoms with Crippen LogP contribution in [0.1, 0.15) is 38.2 Å². The normalized spacial score (nSPS) is 21.5. The Hall–Kier alpha value is -0.560. The molecule has 0 radical (unpaired) electrons. The molecule has 0 aromatic heterocycles. The number of halogens is 2. The lowest BCUT2D eigenvalue weighted by Gasteiger charge is -2.31. The van der Waals surface area contributed by atoms with Crippen LogP contribution in [0.5, 0.6) is 0 Å². The Labute approximate surface area is 95.4 Å². The summed E-state index contributed by atoms with van der Waals surface area (Å²) in [5, 5.41) is 0.708. The lowest BCUT2D eigenvalue weighted by atomic mass is 9.75. The van der Waals surface area contributed by atoms with Gasteiger partial charge in [0, 0.05) is 10.4 Å². The van der Waals surface area contributed by atoms with Crippen molar-refractivity contribution in [3.8, 4) is 0 Å². The zero-order valence-corrected chi connectivity index (χ0v) is 9.73. The van der Waals surface area contributed by atoms with E-state index in [9.17, 15) is 4.39 Å². The first kappa shape index (κ1) is 10.9. The quantitative estimate of drug-likeness (QED) is 0.696. The minimum Gasteiger partial charge on any atom is -0.247 e. The average molecular weight is 227 g/mol. The van der Waals surface area contributed by atoms with Crippen molar-refractivity contribution >= 4 is 11.6 Å². The number of alkyl halides is 1. The van der Waals surface area contributed by atoms with Gasteiger partial charge in [-0.25, -0.2) is 4.39 Å². The summed E-state index contributed by atoms with van der Waals surface area (Å²) >= 11 is 5.97. The molecule has 2 rings (SSSR count). The summed E-state index contributed by atoms with van der Waals surface area (Å²) in [6.07, 6.45) is 3.36. The lowest BCUT2D eigenvalue weighted by molar-refractivity contribution is 0.206. The van der Waals surface area contributed by atoms with E-state index in [1.807, 2.05) is 24.3 Å². The Balaban J connectivity index is 2.41. The van der Waals surface area contributed by atoms with E-state index in [2.05, 4.69) is 0 Å². The Morgan fingerprint density at radius 3 is 2.53 bits per heavy atom. The highest BCUT2D eigenvalue weighted by atomic mass is 35.5. The molecule has 0 nitrogen and oxygen atoms in total. The monoisotopic (exact) mass is 226 g/mol. The zero-order chi connectivity index (χ0) is 10.9. The fourth-order valence-corrected chi connectivity index (χ4v) is 2.91. The molecule has 0 bridgehead atoms. The average Bonchev–Trinajstić information content (AvgIpc) is 2.67. The van der Waals surface area contributed by atoms with Crippen molar-refractivity contribution in [1.29, 1.82) is 0 Å². The van der Waals surface area contributed by atoms with Gasteiger partial charge < -0.3 is 0 Å². The molecule has 1 aliphatic rings. The minimum absolute atomic E-state index is 0.273. The van der Waals surface area contributed by atoms with Crippen LogP contribution < -0.4 is 0 Å². The second-order valence-corrected chi connectivity index (χ2v) is 4.93. The van der Waals surface area contributed by atoms with Gasteiger partial charge >= 0.3 is 0 Å². The van der Waals surface area contributed by atoms with Crippen LogP contribution in [0.2, 0.25) is 5.02 Å². The number of hydrogen-bond acceptors (Lipinski definition) is 0. The molecular weight excluding hydrogens is 211 g/mol. The smallest absolute Gasteiger partial charge is 0.107 e. The topological polar surface area (TPSA) is 0 Å². The van der Waals surface area contributed by atoms with E-state index >= 15 is 0 Å². The summed E-state index contributed by atoms with van der Waals surface area (Å²) in [6.45, 7) is 1.67. The predicted octanol–water partition coefficient (Wildman–Crippen LogP) is 4.51. The summed E-state index contributed by atoms with van der Waals surface area (Å²) in [5.74, 6) is 0. The highest BCUT2D eigenvalue weighted by Gasteiger charge is 2.40. The molecule has 1 aromatic rings. The van der Waals surface area contributed by atoms with Crippen LogP contribution in [-0.4, -0.2) is 6.17 Å².